The van der Waals surface area contributed by atoms with Gasteiger partial charge in [0.1, 0.15) is 0 Å². The van der Waals surface area contributed by atoms with Crippen LogP contribution in [0.5, 0.6) is 5.75 Å². The first kappa shape index (κ1) is 16.8. The smallest absolute Gasteiger partial charge is 0.171 e. The van der Waals surface area contributed by atoms with Crippen molar-refractivity contribution in [2.24, 2.45) is 11.1 Å². The summed E-state index contributed by atoms with van der Waals surface area (Å²) >= 11 is 0. The number of hydrogen-bond donors (Lipinski definition) is 1. The van der Waals surface area contributed by atoms with Gasteiger partial charge in [0.15, 0.2) is 11.6 Å². The molecule has 0 bridgehead atoms. The Labute approximate surface area is 123 Å². The molecular formula is C16H29N3O. The van der Waals surface area contributed by atoms with Crippen molar-refractivity contribution in [2.75, 3.05) is 31.1 Å². The Morgan fingerprint density at radius 1 is 1.30 bits per heavy atom. The number of ether oxygens (including phenoxy) is 1. The molecule has 0 saturated carbocycles. The third-order valence-corrected chi connectivity index (χ3v) is 3.18. The van der Waals surface area contributed by atoms with Gasteiger partial charge in [-0.05, 0) is 36.9 Å². The van der Waals surface area contributed by atoms with E-state index in [0.717, 1.165) is 44.1 Å². The molecule has 0 fully saturated rings. The third kappa shape index (κ3) is 5.00. The lowest BCUT2D eigenvalue weighted by Gasteiger charge is -2.33. The van der Waals surface area contributed by atoms with Crippen molar-refractivity contribution in [3.8, 4) is 5.75 Å². The van der Waals surface area contributed by atoms with E-state index in [2.05, 4.69) is 37.6 Å². The van der Waals surface area contributed by atoms with Crippen LogP contribution in [-0.2, 0) is 0 Å². The minimum atomic E-state index is 0.0642. The Kier molecular flexibility index (Phi) is 6.79. The standard InChI is InChI=1S/C16H29N3O/c1-5-10-19(13-16(3,4)12-17)15-14(20-11-6-2)8-7-9-18-15/h7-9H,5-6,10-13,17H2,1-4H3. The van der Waals surface area contributed by atoms with Crippen molar-refractivity contribution < 1.29 is 4.74 Å². The van der Waals surface area contributed by atoms with E-state index in [0.29, 0.717) is 6.54 Å². The fourth-order valence-electron chi connectivity index (χ4n) is 2.06. The number of hydrogen-bond acceptors (Lipinski definition) is 4. The molecule has 1 rings (SSSR count). The maximum absolute atomic E-state index is 5.87. The van der Waals surface area contributed by atoms with E-state index >= 15 is 0 Å². The second-order valence-electron chi connectivity index (χ2n) is 5.96. The van der Waals surface area contributed by atoms with Crippen molar-refractivity contribution in [3.05, 3.63) is 18.3 Å². The number of anilines is 1. The van der Waals surface area contributed by atoms with E-state index in [1.54, 1.807) is 0 Å². The SMILES string of the molecule is CCCOc1cccnc1N(CCC)CC(C)(C)CN. The maximum Gasteiger partial charge on any atom is 0.171 e. The lowest BCUT2D eigenvalue weighted by molar-refractivity contribution is 0.313. The van der Waals surface area contributed by atoms with Gasteiger partial charge in [-0.3, -0.25) is 0 Å². The molecule has 2 N–H and O–H groups in total. The van der Waals surface area contributed by atoms with Crippen molar-refractivity contribution >= 4 is 5.82 Å². The van der Waals surface area contributed by atoms with Crippen LogP contribution in [0.4, 0.5) is 5.82 Å². The molecule has 0 unspecified atom stereocenters. The first-order valence-corrected chi connectivity index (χ1v) is 7.57. The molecule has 0 atom stereocenters. The third-order valence-electron chi connectivity index (χ3n) is 3.18. The average Bonchev–Trinajstić information content (AvgIpc) is 2.45. The number of nitrogens with zero attached hydrogens (tertiary/aromatic N) is 2. The summed E-state index contributed by atoms with van der Waals surface area (Å²) in [6, 6.07) is 3.92. The monoisotopic (exact) mass is 279 g/mol. The highest BCUT2D eigenvalue weighted by molar-refractivity contribution is 5.52. The molecule has 114 valence electrons. The molecule has 0 aliphatic heterocycles. The molecule has 0 aliphatic rings. The molecule has 1 heterocycles. The Bertz CT molecular complexity index is 393. The number of aromatic nitrogens is 1. The van der Waals surface area contributed by atoms with E-state index in [1.165, 1.54) is 0 Å². The average molecular weight is 279 g/mol. The van der Waals surface area contributed by atoms with Gasteiger partial charge in [-0.2, -0.15) is 0 Å². The maximum atomic E-state index is 5.87. The summed E-state index contributed by atoms with van der Waals surface area (Å²) in [5.41, 5.74) is 5.93. The van der Waals surface area contributed by atoms with Crippen LogP contribution in [0, 0.1) is 5.41 Å². The Morgan fingerprint density at radius 3 is 2.65 bits per heavy atom. The first-order chi connectivity index (χ1) is 9.54. The van der Waals surface area contributed by atoms with Crippen LogP contribution in [0.3, 0.4) is 0 Å². The molecular weight excluding hydrogens is 250 g/mol. The fraction of sp³-hybridized carbons (Fsp3) is 0.688. The van der Waals surface area contributed by atoms with Crippen LogP contribution in [0.15, 0.2) is 18.3 Å². The molecule has 0 spiro atoms. The predicted octanol–water partition coefficient (Wildman–Crippen LogP) is 3.07. The van der Waals surface area contributed by atoms with Crippen molar-refractivity contribution in [1.29, 1.82) is 0 Å². The van der Waals surface area contributed by atoms with E-state index in [4.69, 9.17) is 10.5 Å². The molecule has 4 heteroatoms. The van der Waals surface area contributed by atoms with E-state index in [-0.39, 0.29) is 5.41 Å². The summed E-state index contributed by atoms with van der Waals surface area (Å²) in [6.07, 6.45) is 3.90. The predicted molar refractivity (Wildman–Crippen MR) is 85.4 cm³/mol. The molecule has 0 aromatic carbocycles. The molecule has 0 aliphatic carbocycles. The largest absolute Gasteiger partial charge is 0.490 e. The quantitative estimate of drug-likeness (QED) is 0.755. The second kappa shape index (κ2) is 8.10. The minimum Gasteiger partial charge on any atom is -0.490 e. The first-order valence-electron chi connectivity index (χ1n) is 7.57. The zero-order valence-electron chi connectivity index (χ0n) is 13.4. The molecule has 20 heavy (non-hydrogen) atoms. The van der Waals surface area contributed by atoms with Gasteiger partial charge in [-0.1, -0.05) is 27.7 Å². The Morgan fingerprint density at radius 2 is 2.05 bits per heavy atom. The second-order valence-corrected chi connectivity index (χ2v) is 5.96. The van der Waals surface area contributed by atoms with Crippen molar-refractivity contribution in [1.82, 2.24) is 4.98 Å². The van der Waals surface area contributed by atoms with E-state index in [1.807, 2.05) is 18.3 Å². The summed E-state index contributed by atoms with van der Waals surface area (Å²) in [5, 5.41) is 0. The number of nitrogens with two attached hydrogens (primary N) is 1. The van der Waals surface area contributed by atoms with Crippen LogP contribution in [-0.4, -0.2) is 31.2 Å². The van der Waals surface area contributed by atoms with Crippen molar-refractivity contribution in [2.45, 2.75) is 40.5 Å². The summed E-state index contributed by atoms with van der Waals surface area (Å²) in [7, 11) is 0. The van der Waals surface area contributed by atoms with E-state index in [9.17, 15) is 0 Å². The Hall–Kier alpha value is -1.29. The van der Waals surface area contributed by atoms with Crippen LogP contribution in [0.25, 0.3) is 0 Å². The van der Waals surface area contributed by atoms with Gasteiger partial charge in [0, 0.05) is 19.3 Å². The van der Waals surface area contributed by atoms with E-state index < -0.39 is 0 Å². The fourth-order valence-corrected chi connectivity index (χ4v) is 2.06. The highest BCUT2D eigenvalue weighted by atomic mass is 16.5. The zero-order valence-corrected chi connectivity index (χ0v) is 13.4. The highest BCUT2D eigenvalue weighted by Crippen LogP contribution is 2.28. The topological polar surface area (TPSA) is 51.4 Å². The summed E-state index contributed by atoms with van der Waals surface area (Å²) in [6.45, 7) is 11.9. The van der Waals surface area contributed by atoms with Crippen molar-refractivity contribution in [3.63, 3.8) is 0 Å². The van der Waals surface area contributed by atoms with Crippen LogP contribution in [0.2, 0.25) is 0 Å². The zero-order chi connectivity index (χ0) is 15.0. The summed E-state index contributed by atoms with van der Waals surface area (Å²) < 4.78 is 5.83. The van der Waals surface area contributed by atoms with Crippen LogP contribution >= 0.6 is 0 Å². The minimum absolute atomic E-state index is 0.0642. The van der Waals surface area contributed by atoms with Crippen LogP contribution in [0.1, 0.15) is 40.5 Å². The van der Waals surface area contributed by atoms with Gasteiger partial charge >= 0.3 is 0 Å². The van der Waals surface area contributed by atoms with Gasteiger partial charge in [-0.15, -0.1) is 0 Å². The number of pyridine rings is 1. The molecule has 4 nitrogen and oxygen atoms in total. The lowest BCUT2D eigenvalue weighted by atomic mass is 9.93. The summed E-state index contributed by atoms with van der Waals surface area (Å²) in [5.74, 6) is 1.81. The molecule has 0 amide bonds. The van der Waals surface area contributed by atoms with Gasteiger partial charge in [0.05, 0.1) is 6.61 Å². The molecule has 0 saturated heterocycles. The van der Waals surface area contributed by atoms with Gasteiger partial charge in [0.2, 0.25) is 0 Å². The van der Waals surface area contributed by atoms with Gasteiger partial charge in [0.25, 0.3) is 0 Å². The lowest BCUT2D eigenvalue weighted by Crippen LogP contribution is -2.39. The molecule has 1 aromatic heterocycles. The Balaban J connectivity index is 2.95. The normalized spacial score (nSPS) is 11.4. The molecule has 0 radical (unpaired) electrons. The molecule has 1 aromatic rings. The number of rotatable bonds is 9. The van der Waals surface area contributed by atoms with Gasteiger partial charge in [-0.25, -0.2) is 4.98 Å². The highest BCUT2D eigenvalue weighted by Gasteiger charge is 2.22. The van der Waals surface area contributed by atoms with Gasteiger partial charge < -0.3 is 15.4 Å². The van der Waals surface area contributed by atoms with Crippen LogP contribution < -0.4 is 15.4 Å². The summed E-state index contributed by atoms with van der Waals surface area (Å²) in [4.78, 5) is 6.82.